The van der Waals surface area contributed by atoms with Gasteiger partial charge in [-0.1, -0.05) is 28.1 Å². The first kappa shape index (κ1) is 16.3. The van der Waals surface area contributed by atoms with E-state index < -0.39 is 18.0 Å². The summed E-state index contributed by atoms with van der Waals surface area (Å²) < 4.78 is 41.1. The molecule has 0 fully saturated rings. The van der Waals surface area contributed by atoms with E-state index in [1.54, 1.807) is 30.5 Å². The molecule has 1 aromatic heterocycles. The molecule has 7 heteroatoms. The van der Waals surface area contributed by atoms with Gasteiger partial charge in [-0.15, -0.1) is 11.3 Å². The number of benzene rings is 1. The summed E-state index contributed by atoms with van der Waals surface area (Å²) in [6, 6.07) is 6.44. The fourth-order valence-corrected chi connectivity index (χ4v) is 3.72. The molecule has 2 nitrogen and oxygen atoms in total. The Labute approximate surface area is 143 Å². The Morgan fingerprint density at radius 3 is 2.65 bits per heavy atom. The van der Waals surface area contributed by atoms with Crippen LogP contribution in [0.3, 0.4) is 0 Å². The third-order valence-electron chi connectivity index (χ3n) is 3.70. The standard InChI is InChI=1S/C16H11BrF3NOS/c1-8-11(17)4-5-12-14(8)9(15(22)21-12)7-10(16(18,19)20)13-3-2-6-23-13/h2-7,10H,1H3,(H,21,22). The summed E-state index contributed by atoms with van der Waals surface area (Å²) >= 11 is 4.38. The van der Waals surface area contributed by atoms with E-state index in [1.165, 1.54) is 6.07 Å². The summed E-state index contributed by atoms with van der Waals surface area (Å²) in [6.07, 6.45) is -3.44. The van der Waals surface area contributed by atoms with Gasteiger partial charge in [0.05, 0.1) is 0 Å². The van der Waals surface area contributed by atoms with Crippen LogP contribution in [-0.2, 0) is 4.79 Å². The monoisotopic (exact) mass is 401 g/mol. The minimum Gasteiger partial charge on any atom is -0.321 e. The molecule has 0 aliphatic carbocycles. The fraction of sp³-hybridized carbons (Fsp3) is 0.188. The Morgan fingerprint density at radius 1 is 1.30 bits per heavy atom. The first-order valence-electron chi connectivity index (χ1n) is 6.72. The van der Waals surface area contributed by atoms with Crippen LogP contribution in [0.15, 0.2) is 40.2 Å². The van der Waals surface area contributed by atoms with E-state index in [4.69, 9.17) is 0 Å². The van der Waals surface area contributed by atoms with E-state index in [0.717, 1.165) is 27.4 Å². The lowest BCUT2D eigenvalue weighted by Gasteiger charge is -2.16. The third-order valence-corrected chi connectivity index (χ3v) is 5.51. The Kier molecular flexibility index (Phi) is 4.10. The number of amides is 1. The molecule has 0 saturated heterocycles. The van der Waals surface area contributed by atoms with E-state index in [0.29, 0.717) is 11.3 Å². The van der Waals surface area contributed by atoms with E-state index in [2.05, 4.69) is 21.2 Å². The number of nitrogens with one attached hydrogen (secondary N) is 1. The molecule has 1 unspecified atom stereocenters. The lowest BCUT2D eigenvalue weighted by molar-refractivity contribution is -0.138. The zero-order chi connectivity index (χ0) is 16.8. The van der Waals surface area contributed by atoms with E-state index in [-0.39, 0.29) is 10.5 Å². The van der Waals surface area contributed by atoms with Crippen molar-refractivity contribution in [2.75, 3.05) is 5.32 Å². The predicted molar refractivity (Wildman–Crippen MR) is 88.6 cm³/mol. The number of thiophene rings is 1. The minimum atomic E-state index is -4.46. The number of fused-ring (bicyclic) bond motifs is 1. The Balaban J connectivity index is 2.16. The molecule has 0 saturated carbocycles. The van der Waals surface area contributed by atoms with Crippen molar-refractivity contribution in [3.63, 3.8) is 0 Å². The summed E-state index contributed by atoms with van der Waals surface area (Å²) in [7, 11) is 0. The summed E-state index contributed by atoms with van der Waals surface area (Å²) in [6.45, 7) is 1.77. The first-order chi connectivity index (χ1) is 10.8. The first-order valence-corrected chi connectivity index (χ1v) is 8.39. The van der Waals surface area contributed by atoms with Gasteiger partial charge in [-0.05, 0) is 36.1 Å². The maximum Gasteiger partial charge on any atom is 0.399 e. The van der Waals surface area contributed by atoms with Gasteiger partial charge < -0.3 is 5.32 Å². The van der Waals surface area contributed by atoms with Gasteiger partial charge in [0, 0.05) is 26.2 Å². The second kappa shape index (κ2) is 5.79. The van der Waals surface area contributed by atoms with E-state index in [9.17, 15) is 18.0 Å². The number of halogens is 4. The number of rotatable bonds is 2. The average Bonchev–Trinajstić information content (AvgIpc) is 3.07. The van der Waals surface area contributed by atoms with Crippen molar-refractivity contribution in [2.45, 2.75) is 19.0 Å². The third kappa shape index (κ3) is 2.95. The van der Waals surface area contributed by atoms with Gasteiger partial charge in [0.25, 0.3) is 5.91 Å². The Bertz CT molecular complexity index is 796. The number of hydrogen-bond donors (Lipinski definition) is 1. The molecule has 0 radical (unpaired) electrons. The maximum atomic E-state index is 13.4. The van der Waals surface area contributed by atoms with Crippen LogP contribution in [0.1, 0.15) is 21.9 Å². The number of anilines is 1. The Morgan fingerprint density at radius 2 is 2.04 bits per heavy atom. The van der Waals surface area contributed by atoms with Gasteiger partial charge in [-0.25, -0.2) is 0 Å². The average molecular weight is 402 g/mol. The molecule has 1 aromatic carbocycles. The van der Waals surface area contributed by atoms with Gasteiger partial charge in [-0.2, -0.15) is 13.2 Å². The van der Waals surface area contributed by atoms with Crippen molar-refractivity contribution < 1.29 is 18.0 Å². The molecule has 0 bridgehead atoms. The van der Waals surface area contributed by atoms with Crippen LogP contribution in [-0.4, -0.2) is 12.1 Å². The second-order valence-electron chi connectivity index (χ2n) is 5.16. The lowest BCUT2D eigenvalue weighted by Crippen LogP contribution is -2.19. The SMILES string of the molecule is Cc1c(Br)ccc2c1C(=CC(c1cccs1)C(F)(F)F)C(=O)N2. The van der Waals surface area contributed by atoms with Crippen molar-refractivity contribution in [1.82, 2.24) is 0 Å². The highest BCUT2D eigenvalue weighted by Gasteiger charge is 2.41. The second-order valence-corrected chi connectivity index (χ2v) is 7.00. The molecule has 2 aromatic rings. The quantitative estimate of drug-likeness (QED) is 0.661. The van der Waals surface area contributed by atoms with Gasteiger partial charge in [0.1, 0.15) is 5.92 Å². The highest BCUT2D eigenvalue weighted by molar-refractivity contribution is 9.10. The normalized spacial score (nSPS) is 17.3. The zero-order valence-electron chi connectivity index (χ0n) is 11.9. The molecule has 0 spiro atoms. The molecular formula is C16H11BrF3NOS. The largest absolute Gasteiger partial charge is 0.399 e. The molecule has 1 aliphatic rings. The highest BCUT2D eigenvalue weighted by Crippen LogP contribution is 2.43. The Hall–Kier alpha value is -1.60. The zero-order valence-corrected chi connectivity index (χ0v) is 14.3. The lowest BCUT2D eigenvalue weighted by atomic mass is 9.96. The topological polar surface area (TPSA) is 29.1 Å². The van der Waals surface area contributed by atoms with Crippen LogP contribution in [0.5, 0.6) is 0 Å². The number of carbonyl (C=O) groups excluding carboxylic acids is 1. The number of allylic oxidation sites excluding steroid dienone is 1. The molecular weight excluding hydrogens is 391 g/mol. The highest BCUT2D eigenvalue weighted by atomic mass is 79.9. The van der Waals surface area contributed by atoms with Crippen LogP contribution in [0.4, 0.5) is 18.9 Å². The van der Waals surface area contributed by atoms with Crippen molar-refractivity contribution in [3.05, 3.63) is 56.2 Å². The molecule has 1 aliphatic heterocycles. The van der Waals surface area contributed by atoms with Crippen LogP contribution in [0.25, 0.3) is 5.57 Å². The summed E-state index contributed by atoms with van der Waals surface area (Å²) in [5.74, 6) is -2.31. The molecule has 3 rings (SSSR count). The van der Waals surface area contributed by atoms with Crippen LogP contribution in [0, 0.1) is 6.92 Å². The molecule has 120 valence electrons. The van der Waals surface area contributed by atoms with Crippen molar-refractivity contribution >= 4 is 44.4 Å². The summed E-state index contributed by atoms with van der Waals surface area (Å²) in [5, 5.41) is 4.22. The van der Waals surface area contributed by atoms with Crippen molar-refractivity contribution in [1.29, 1.82) is 0 Å². The van der Waals surface area contributed by atoms with Crippen molar-refractivity contribution in [3.8, 4) is 0 Å². The smallest absolute Gasteiger partial charge is 0.321 e. The predicted octanol–water partition coefficient (Wildman–Crippen LogP) is 5.50. The number of alkyl halides is 3. The molecule has 2 heterocycles. The van der Waals surface area contributed by atoms with Gasteiger partial charge in [-0.3, -0.25) is 4.79 Å². The van der Waals surface area contributed by atoms with Gasteiger partial charge in [0.15, 0.2) is 0 Å². The maximum absolute atomic E-state index is 13.4. The van der Waals surface area contributed by atoms with Crippen molar-refractivity contribution in [2.24, 2.45) is 0 Å². The summed E-state index contributed by atoms with van der Waals surface area (Å²) in [5.41, 5.74) is 1.86. The molecule has 1 N–H and O–H groups in total. The molecule has 1 amide bonds. The van der Waals surface area contributed by atoms with E-state index in [1.807, 2.05) is 0 Å². The van der Waals surface area contributed by atoms with Gasteiger partial charge >= 0.3 is 6.18 Å². The van der Waals surface area contributed by atoms with E-state index >= 15 is 0 Å². The summed E-state index contributed by atoms with van der Waals surface area (Å²) in [4.78, 5) is 12.3. The van der Waals surface area contributed by atoms with Crippen LogP contribution in [0.2, 0.25) is 0 Å². The van der Waals surface area contributed by atoms with Gasteiger partial charge in [0.2, 0.25) is 0 Å². The molecule has 23 heavy (non-hydrogen) atoms. The number of carbonyl (C=O) groups is 1. The molecule has 1 atom stereocenters. The van der Waals surface area contributed by atoms with Crippen LogP contribution < -0.4 is 5.32 Å². The fourth-order valence-electron chi connectivity index (χ4n) is 2.57. The van der Waals surface area contributed by atoms with Crippen LogP contribution >= 0.6 is 27.3 Å². The minimum absolute atomic E-state index is 0.0644. The number of hydrogen-bond acceptors (Lipinski definition) is 2.